The summed E-state index contributed by atoms with van der Waals surface area (Å²) in [6.45, 7) is 3.13. The van der Waals surface area contributed by atoms with Crippen molar-refractivity contribution in [3.05, 3.63) is 11.9 Å². The molecule has 0 spiro atoms. The maximum Gasteiger partial charge on any atom is 0.247 e. The van der Waals surface area contributed by atoms with Crippen molar-refractivity contribution in [1.29, 1.82) is 5.41 Å². The number of carbonyl (C=O) groups is 1. The average molecular weight is 208 g/mol. The van der Waals surface area contributed by atoms with E-state index in [9.17, 15) is 4.79 Å². The highest BCUT2D eigenvalue weighted by Gasteiger charge is 2.23. The summed E-state index contributed by atoms with van der Waals surface area (Å²) in [5.74, 6) is 0.373. The molecule has 1 N–H and O–H groups in total. The number of ether oxygens (including phenoxy) is 1. The highest BCUT2D eigenvalue weighted by Crippen LogP contribution is 2.12. The SMILES string of the molecule is C/C=C1/N=C(OC)C(C(C)=O)=NN1C=N. The van der Waals surface area contributed by atoms with E-state index in [1.807, 2.05) is 0 Å². The Morgan fingerprint density at radius 3 is 2.67 bits per heavy atom. The van der Waals surface area contributed by atoms with Crippen LogP contribution in [0.3, 0.4) is 0 Å². The van der Waals surface area contributed by atoms with Gasteiger partial charge in [-0.25, -0.2) is 5.01 Å². The topological polar surface area (TPSA) is 78.1 Å². The summed E-state index contributed by atoms with van der Waals surface area (Å²) < 4.78 is 4.95. The summed E-state index contributed by atoms with van der Waals surface area (Å²) >= 11 is 0. The lowest BCUT2D eigenvalue weighted by Crippen LogP contribution is -2.32. The number of hydrazone groups is 1. The third-order valence-electron chi connectivity index (χ3n) is 1.77. The number of rotatable bonds is 2. The molecule has 0 saturated carbocycles. The predicted molar refractivity (Wildman–Crippen MR) is 56.9 cm³/mol. The number of nitrogens with zero attached hydrogens (tertiary/aromatic N) is 3. The summed E-state index contributed by atoms with van der Waals surface area (Å²) in [5, 5.41) is 12.3. The molecule has 1 heterocycles. The Kier molecular flexibility index (Phi) is 3.33. The first-order chi connectivity index (χ1) is 7.13. The van der Waals surface area contributed by atoms with Crippen molar-refractivity contribution in [1.82, 2.24) is 5.01 Å². The van der Waals surface area contributed by atoms with E-state index in [1.54, 1.807) is 13.0 Å². The number of nitrogens with one attached hydrogen (secondary N) is 1. The highest BCUT2D eigenvalue weighted by atomic mass is 16.5. The molecular weight excluding hydrogens is 196 g/mol. The molecule has 1 aliphatic rings. The highest BCUT2D eigenvalue weighted by molar-refractivity contribution is 6.65. The number of ketones is 1. The lowest BCUT2D eigenvalue weighted by Gasteiger charge is -2.20. The molecule has 0 atom stereocenters. The first-order valence-corrected chi connectivity index (χ1v) is 4.32. The van der Waals surface area contributed by atoms with Gasteiger partial charge in [-0.2, -0.15) is 10.1 Å². The first kappa shape index (κ1) is 11.1. The number of hydrogen-bond donors (Lipinski definition) is 1. The van der Waals surface area contributed by atoms with Gasteiger partial charge in [-0.3, -0.25) is 10.2 Å². The standard InChI is InChI=1S/C9H12N4O2/c1-4-7-11-9(15-3)8(6(2)14)12-13(7)5-10/h4-5,10H,1-3H3/b7-4-,10-5?. The summed E-state index contributed by atoms with van der Waals surface area (Å²) in [6.07, 6.45) is 2.65. The van der Waals surface area contributed by atoms with E-state index in [1.165, 1.54) is 19.0 Å². The maximum atomic E-state index is 11.2. The van der Waals surface area contributed by atoms with E-state index in [-0.39, 0.29) is 17.4 Å². The van der Waals surface area contributed by atoms with E-state index >= 15 is 0 Å². The van der Waals surface area contributed by atoms with Gasteiger partial charge in [0.15, 0.2) is 17.3 Å². The van der Waals surface area contributed by atoms with E-state index in [0.717, 1.165) is 6.34 Å². The van der Waals surface area contributed by atoms with Crippen LogP contribution in [0.25, 0.3) is 0 Å². The normalized spacial score (nSPS) is 18.3. The molecule has 0 amide bonds. The van der Waals surface area contributed by atoms with E-state index in [2.05, 4.69) is 10.1 Å². The van der Waals surface area contributed by atoms with Gasteiger partial charge in [-0.1, -0.05) is 0 Å². The quantitative estimate of drug-likeness (QED) is 0.537. The molecule has 0 radical (unpaired) electrons. The molecule has 0 aliphatic carbocycles. The molecule has 0 fully saturated rings. The van der Waals surface area contributed by atoms with Crippen LogP contribution < -0.4 is 0 Å². The monoisotopic (exact) mass is 208 g/mol. The van der Waals surface area contributed by atoms with Crippen molar-refractivity contribution in [2.24, 2.45) is 10.1 Å². The summed E-state index contributed by atoms with van der Waals surface area (Å²) in [7, 11) is 1.42. The number of hydrogen-bond acceptors (Lipinski definition) is 5. The molecule has 1 rings (SSSR count). The van der Waals surface area contributed by atoms with Crippen LogP contribution in [0.1, 0.15) is 13.8 Å². The van der Waals surface area contributed by atoms with Gasteiger partial charge in [0.25, 0.3) is 0 Å². The lowest BCUT2D eigenvalue weighted by atomic mass is 10.2. The molecule has 6 heteroatoms. The second-order valence-corrected chi connectivity index (χ2v) is 2.75. The molecule has 80 valence electrons. The molecule has 0 aromatic rings. The fraction of sp³-hybridized carbons (Fsp3) is 0.333. The second kappa shape index (κ2) is 4.50. The number of methoxy groups -OCH3 is 1. The van der Waals surface area contributed by atoms with E-state index in [4.69, 9.17) is 10.1 Å². The molecule has 15 heavy (non-hydrogen) atoms. The number of aliphatic imine (C=N–C) groups is 1. The van der Waals surface area contributed by atoms with Crippen molar-refractivity contribution >= 4 is 23.7 Å². The fourth-order valence-corrected chi connectivity index (χ4v) is 1.07. The number of carbonyl (C=O) groups excluding carboxylic acids is 1. The zero-order chi connectivity index (χ0) is 11.4. The van der Waals surface area contributed by atoms with Crippen molar-refractivity contribution < 1.29 is 9.53 Å². The summed E-state index contributed by atoms with van der Waals surface area (Å²) in [4.78, 5) is 15.3. The summed E-state index contributed by atoms with van der Waals surface area (Å²) in [6, 6.07) is 0. The maximum absolute atomic E-state index is 11.2. The van der Waals surface area contributed by atoms with Gasteiger partial charge in [0.05, 0.1) is 7.11 Å². The Hall–Kier alpha value is -1.98. The molecular formula is C9H12N4O2. The third-order valence-corrected chi connectivity index (χ3v) is 1.77. The van der Waals surface area contributed by atoms with E-state index < -0.39 is 0 Å². The Morgan fingerprint density at radius 2 is 2.27 bits per heavy atom. The van der Waals surface area contributed by atoms with Gasteiger partial charge in [0.2, 0.25) is 5.90 Å². The average Bonchev–Trinajstić information content (AvgIpc) is 2.26. The smallest absolute Gasteiger partial charge is 0.247 e. The van der Waals surface area contributed by atoms with Gasteiger partial charge in [-0.05, 0) is 13.0 Å². The number of allylic oxidation sites excluding steroid dienone is 1. The van der Waals surface area contributed by atoms with Gasteiger partial charge >= 0.3 is 0 Å². The Balaban J connectivity index is 3.18. The van der Waals surface area contributed by atoms with Crippen LogP contribution in [0.5, 0.6) is 0 Å². The minimum absolute atomic E-state index is 0.117. The predicted octanol–water partition coefficient (Wildman–Crippen LogP) is 0.760. The van der Waals surface area contributed by atoms with Crippen molar-refractivity contribution in [2.45, 2.75) is 13.8 Å². The van der Waals surface area contributed by atoms with Crippen LogP contribution in [0.15, 0.2) is 22.0 Å². The largest absolute Gasteiger partial charge is 0.479 e. The van der Waals surface area contributed by atoms with Gasteiger partial charge < -0.3 is 4.74 Å². The number of Topliss-reactive ketones (excluding diaryl/α,β-unsaturated/α-hetero) is 1. The van der Waals surface area contributed by atoms with Crippen molar-refractivity contribution in [3.63, 3.8) is 0 Å². The summed E-state index contributed by atoms with van der Waals surface area (Å²) in [5.41, 5.74) is 0.117. The van der Waals surface area contributed by atoms with Crippen LogP contribution in [-0.2, 0) is 9.53 Å². The molecule has 0 bridgehead atoms. The zero-order valence-electron chi connectivity index (χ0n) is 8.81. The fourth-order valence-electron chi connectivity index (χ4n) is 1.07. The van der Waals surface area contributed by atoms with Gasteiger partial charge in [0, 0.05) is 6.92 Å². The van der Waals surface area contributed by atoms with Crippen LogP contribution in [0.4, 0.5) is 0 Å². The van der Waals surface area contributed by atoms with Gasteiger partial charge in [0.1, 0.15) is 6.34 Å². The zero-order valence-corrected chi connectivity index (χ0v) is 8.81. The molecule has 0 aromatic carbocycles. The minimum Gasteiger partial charge on any atom is -0.479 e. The van der Waals surface area contributed by atoms with E-state index in [0.29, 0.717) is 5.82 Å². The Bertz CT molecular complexity index is 382. The Morgan fingerprint density at radius 1 is 1.60 bits per heavy atom. The van der Waals surface area contributed by atoms with Crippen molar-refractivity contribution in [3.8, 4) is 0 Å². The molecule has 0 saturated heterocycles. The lowest BCUT2D eigenvalue weighted by molar-refractivity contribution is -0.111. The van der Waals surface area contributed by atoms with Crippen LogP contribution >= 0.6 is 0 Å². The second-order valence-electron chi connectivity index (χ2n) is 2.75. The third kappa shape index (κ3) is 2.09. The van der Waals surface area contributed by atoms with Crippen LogP contribution in [0, 0.1) is 5.41 Å². The van der Waals surface area contributed by atoms with Crippen LogP contribution in [0.2, 0.25) is 0 Å². The molecule has 0 aromatic heterocycles. The molecule has 1 aliphatic heterocycles. The van der Waals surface area contributed by atoms with Gasteiger partial charge in [-0.15, -0.1) is 0 Å². The van der Waals surface area contributed by atoms with Crippen molar-refractivity contribution in [2.75, 3.05) is 7.11 Å². The Labute approximate surface area is 87.4 Å². The van der Waals surface area contributed by atoms with Crippen LogP contribution in [-0.4, -0.2) is 35.8 Å². The molecule has 0 unspecified atom stereocenters. The molecule has 6 nitrogen and oxygen atoms in total. The first-order valence-electron chi connectivity index (χ1n) is 4.32. The minimum atomic E-state index is -0.252.